The van der Waals surface area contributed by atoms with Gasteiger partial charge in [0.05, 0.1) is 0 Å². The SMILES string of the molecule is C=CCOc1ccc(/C=C/C(=O)OCC(=O)NCCc2cccs2)cc1. The predicted octanol–water partition coefficient (Wildman–Crippen LogP) is 3.23. The minimum atomic E-state index is -0.564. The van der Waals surface area contributed by atoms with Gasteiger partial charge in [0, 0.05) is 17.5 Å². The number of hydrogen-bond acceptors (Lipinski definition) is 5. The Morgan fingerprint density at radius 3 is 2.69 bits per heavy atom. The zero-order valence-corrected chi connectivity index (χ0v) is 15.2. The Kier molecular flexibility index (Phi) is 8.15. The van der Waals surface area contributed by atoms with E-state index < -0.39 is 5.97 Å². The largest absolute Gasteiger partial charge is 0.490 e. The summed E-state index contributed by atoms with van der Waals surface area (Å²) in [4.78, 5) is 24.5. The number of ether oxygens (including phenoxy) is 2. The summed E-state index contributed by atoms with van der Waals surface area (Å²) in [5, 5.41) is 4.71. The molecule has 0 aliphatic heterocycles. The van der Waals surface area contributed by atoms with Crippen LogP contribution in [0.25, 0.3) is 6.08 Å². The average molecular weight is 371 g/mol. The molecule has 0 unspecified atom stereocenters. The summed E-state index contributed by atoms with van der Waals surface area (Å²) in [5.74, 6) is -0.152. The number of hydrogen-bond donors (Lipinski definition) is 1. The second kappa shape index (κ2) is 10.9. The number of amides is 1. The van der Waals surface area contributed by atoms with Gasteiger partial charge in [-0.05, 0) is 41.6 Å². The second-order valence-electron chi connectivity index (χ2n) is 5.29. The fourth-order valence-electron chi connectivity index (χ4n) is 2.01. The van der Waals surface area contributed by atoms with E-state index in [1.807, 2.05) is 29.6 Å². The molecule has 0 spiro atoms. The molecule has 1 aromatic heterocycles. The van der Waals surface area contributed by atoms with Crippen molar-refractivity contribution in [3.05, 3.63) is 70.9 Å². The maximum Gasteiger partial charge on any atom is 0.331 e. The molecule has 0 saturated carbocycles. The molecular formula is C20H21NO4S. The van der Waals surface area contributed by atoms with Crippen LogP contribution in [0.15, 0.2) is 60.5 Å². The highest BCUT2D eigenvalue weighted by atomic mass is 32.1. The molecule has 0 fully saturated rings. The lowest BCUT2D eigenvalue weighted by atomic mass is 10.2. The Bertz CT molecular complexity index is 736. The number of carbonyl (C=O) groups is 2. The topological polar surface area (TPSA) is 64.6 Å². The molecule has 1 N–H and O–H groups in total. The van der Waals surface area contributed by atoms with Gasteiger partial charge in [0.15, 0.2) is 6.61 Å². The summed E-state index contributed by atoms with van der Waals surface area (Å²) in [6, 6.07) is 11.2. The van der Waals surface area contributed by atoms with Crippen molar-refractivity contribution < 1.29 is 19.1 Å². The summed E-state index contributed by atoms with van der Waals surface area (Å²) >= 11 is 1.64. The number of carbonyl (C=O) groups excluding carboxylic acids is 2. The van der Waals surface area contributed by atoms with Crippen LogP contribution in [0, 0.1) is 0 Å². The van der Waals surface area contributed by atoms with Crippen LogP contribution in [0.5, 0.6) is 5.75 Å². The van der Waals surface area contributed by atoms with Gasteiger partial charge in [-0.25, -0.2) is 4.79 Å². The lowest BCUT2D eigenvalue weighted by molar-refractivity contribution is -0.143. The molecule has 26 heavy (non-hydrogen) atoms. The van der Waals surface area contributed by atoms with Crippen LogP contribution in [0.2, 0.25) is 0 Å². The van der Waals surface area contributed by atoms with Gasteiger partial charge in [-0.3, -0.25) is 4.79 Å². The minimum absolute atomic E-state index is 0.290. The van der Waals surface area contributed by atoms with Crippen molar-refractivity contribution in [2.75, 3.05) is 19.8 Å². The molecule has 2 aromatic rings. The molecule has 136 valence electrons. The third kappa shape index (κ3) is 7.36. The van der Waals surface area contributed by atoms with Crippen LogP contribution in [-0.2, 0) is 20.7 Å². The third-order valence-corrected chi connectivity index (χ3v) is 4.22. The Morgan fingerprint density at radius 1 is 1.19 bits per heavy atom. The number of esters is 1. The number of nitrogens with one attached hydrogen (secondary N) is 1. The molecule has 1 heterocycles. The lowest BCUT2D eigenvalue weighted by Crippen LogP contribution is -2.30. The van der Waals surface area contributed by atoms with Crippen molar-refractivity contribution in [1.29, 1.82) is 0 Å². The van der Waals surface area contributed by atoms with E-state index in [-0.39, 0.29) is 12.5 Å². The molecule has 5 nitrogen and oxygen atoms in total. The zero-order valence-electron chi connectivity index (χ0n) is 14.4. The predicted molar refractivity (Wildman–Crippen MR) is 103 cm³/mol. The molecular weight excluding hydrogens is 350 g/mol. The Morgan fingerprint density at radius 2 is 2.00 bits per heavy atom. The molecule has 0 radical (unpaired) electrons. The van der Waals surface area contributed by atoms with Crippen LogP contribution >= 0.6 is 11.3 Å². The molecule has 0 atom stereocenters. The maximum atomic E-state index is 11.7. The monoisotopic (exact) mass is 371 g/mol. The molecule has 0 aliphatic rings. The molecule has 2 rings (SSSR count). The van der Waals surface area contributed by atoms with Gasteiger partial charge >= 0.3 is 5.97 Å². The van der Waals surface area contributed by atoms with Gasteiger partial charge < -0.3 is 14.8 Å². The first-order chi connectivity index (χ1) is 12.7. The Labute approximate surface area is 156 Å². The van der Waals surface area contributed by atoms with E-state index in [0.717, 1.165) is 17.7 Å². The van der Waals surface area contributed by atoms with Crippen molar-refractivity contribution >= 4 is 29.3 Å². The summed E-state index contributed by atoms with van der Waals surface area (Å²) in [6.45, 7) is 4.26. The highest BCUT2D eigenvalue weighted by Crippen LogP contribution is 2.13. The van der Waals surface area contributed by atoms with Crippen molar-refractivity contribution in [3.63, 3.8) is 0 Å². The Hall–Kier alpha value is -2.86. The van der Waals surface area contributed by atoms with E-state index in [2.05, 4.69) is 11.9 Å². The van der Waals surface area contributed by atoms with Crippen molar-refractivity contribution in [2.24, 2.45) is 0 Å². The highest BCUT2D eigenvalue weighted by Gasteiger charge is 2.05. The number of thiophene rings is 1. The van der Waals surface area contributed by atoms with Crippen molar-refractivity contribution in [3.8, 4) is 5.75 Å². The molecule has 0 bridgehead atoms. The smallest absolute Gasteiger partial charge is 0.331 e. The highest BCUT2D eigenvalue weighted by molar-refractivity contribution is 7.09. The van der Waals surface area contributed by atoms with Gasteiger partial charge in [-0.2, -0.15) is 0 Å². The van der Waals surface area contributed by atoms with Gasteiger partial charge in [-0.15, -0.1) is 11.3 Å². The summed E-state index contributed by atoms with van der Waals surface area (Å²) in [7, 11) is 0. The Balaban J connectivity index is 1.66. The van der Waals surface area contributed by atoms with E-state index >= 15 is 0 Å². The van der Waals surface area contributed by atoms with E-state index in [1.54, 1.807) is 35.6 Å². The van der Waals surface area contributed by atoms with Crippen LogP contribution in [0.3, 0.4) is 0 Å². The molecule has 0 aliphatic carbocycles. The van der Waals surface area contributed by atoms with E-state index in [0.29, 0.717) is 13.2 Å². The minimum Gasteiger partial charge on any atom is -0.490 e. The van der Waals surface area contributed by atoms with Gasteiger partial charge in [0.1, 0.15) is 12.4 Å². The average Bonchev–Trinajstić information content (AvgIpc) is 3.17. The third-order valence-electron chi connectivity index (χ3n) is 3.28. The van der Waals surface area contributed by atoms with Gasteiger partial charge in [0.25, 0.3) is 5.91 Å². The molecule has 1 amide bonds. The number of benzene rings is 1. The summed E-state index contributed by atoms with van der Waals surface area (Å²) in [5.41, 5.74) is 0.827. The van der Waals surface area contributed by atoms with Crippen LogP contribution in [0.1, 0.15) is 10.4 Å². The summed E-state index contributed by atoms with van der Waals surface area (Å²) in [6.07, 6.45) is 5.35. The fraction of sp³-hybridized carbons (Fsp3) is 0.200. The quantitative estimate of drug-likeness (QED) is 0.396. The first-order valence-corrected chi connectivity index (χ1v) is 9.03. The molecule has 6 heteroatoms. The van der Waals surface area contributed by atoms with Gasteiger partial charge in [0.2, 0.25) is 0 Å². The number of rotatable bonds is 10. The second-order valence-corrected chi connectivity index (χ2v) is 6.32. The normalized spacial score (nSPS) is 10.5. The van der Waals surface area contributed by atoms with Crippen LogP contribution in [-0.4, -0.2) is 31.6 Å². The van der Waals surface area contributed by atoms with Crippen molar-refractivity contribution in [1.82, 2.24) is 5.32 Å². The first-order valence-electron chi connectivity index (χ1n) is 8.15. The summed E-state index contributed by atoms with van der Waals surface area (Å²) < 4.78 is 10.3. The van der Waals surface area contributed by atoms with E-state index in [4.69, 9.17) is 9.47 Å². The molecule has 1 aromatic carbocycles. The molecule has 0 saturated heterocycles. The zero-order chi connectivity index (χ0) is 18.6. The van der Waals surface area contributed by atoms with Gasteiger partial charge in [-0.1, -0.05) is 30.9 Å². The van der Waals surface area contributed by atoms with Crippen LogP contribution < -0.4 is 10.1 Å². The maximum absolute atomic E-state index is 11.7. The van der Waals surface area contributed by atoms with E-state index in [9.17, 15) is 9.59 Å². The first kappa shape index (κ1) is 19.5. The van der Waals surface area contributed by atoms with Crippen molar-refractivity contribution in [2.45, 2.75) is 6.42 Å². The fourth-order valence-corrected chi connectivity index (χ4v) is 2.72. The standard InChI is InChI=1S/C20H21NO4S/c1-2-13-24-17-8-5-16(6-9-17)7-10-20(23)25-15-19(22)21-12-11-18-4-3-14-26-18/h2-10,14H,1,11-13,15H2,(H,21,22)/b10-7+. The lowest BCUT2D eigenvalue weighted by Gasteiger charge is -2.04. The van der Waals surface area contributed by atoms with E-state index in [1.165, 1.54) is 11.0 Å². The van der Waals surface area contributed by atoms with Crippen LogP contribution in [0.4, 0.5) is 0 Å².